The van der Waals surface area contributed by atoms with E-state index in [-0.39, 0.29) is 18.4 Å². The molecule has 0 aliphatic carbocycles. The summed E-state index contributed by atoms with van der Waals surface area (Å²) in [5.74, 6) is 0.921. The summed E-state index contributed by atoms with van der Waals surface area (Å²) in [6.07, 6.45) is 3.66. The quantitative estimate of drug-likeness (QED) is 0.589. The molecule has 1 aliphatic heterocycles. The van der Waals surface area contributed by atoms with Crippen molar-refractivity contribution in [2.24, 2.45) is 0 Å². The number of aromatic amines is 1. The highest BCUT2D eigenvalue weighted by molar-refractivity contribution is 5.87. The number of nitrogens with one attached hydrogen (secondary N) is 1. The van der Waals surface area contributed by atoms with E-state index in [0.29, 0.717) is 24.0 Å². The second kappa shape index (κ2) is 6.88. The van der Waals surface area contributed by atoms with E-state index < -0.39 is 0 Å². The lowest BCUT2D eigenvalue weighted by molar-refractivity contribution is -0.131. The fraction of sp³-hybridized carbons (Fsp3) is 0.250. The Kier molecular flexibility index (Phi) is 4.08. The molecule has 28 heavy (non-hydrogen) atoms. The molecule has 140 valence electrons. The smallest absolute Gasteiger partial charge is 0.249 e. The van der Waals surface area contributed by atoms with Crippen LogP contribution in [0, 0.1) is 0 Å². The van der Waals surface area contributed by atoms with Crippen molar-refractivity contribution in [1.29, 1.82) is 0 Å². The van der Waals surface area contributed by atoms with E-state index in [2.05, 4.69) is 25.3 Å². The van der Waals surface area contributed by atoms with Crippen molar-refractivity contribution in [1.82, 2.24) is 30.2 Å². The zero-order valence-electron chi connectivity index (χ0n) is 15.1. The highest BCUT2D eigenvalue weighted by Gasteiger charge is 2.34. The Labute approximate surface area is 160 Å². The third-order valence-corrected chi connectivity index (χ3v) is 5.06. The minimum atomic E-state index is -0.202. The number of hydrogen-bond acceptors (Lipinski definition) is 6. The first-order valence-electron chi connectivity index (χ1n) is 9.26. The summed E-state index contributed by atoms with van der Waals surface area (Å²) in [5.41, 5.74) is 2.34. The molecule has 1 saturated heterocycles. The Bertz CT molecular complexity index is 1120. The zero-order valence-corrected chi connectivity index (χ0v) is 15.1. The molecule has 1 aromatic carbocycles. The van der Waals surface area contributed by atoms with Gasteiger partial charge in [0.1, 0.15) is 11.7 Å². The number of benzene rings is 1. The van der Waals surface area contributed by atoms with Crippen LogP contribution >= 0.6 is 0 Å². The van der Waals surface area contributed by atoms with E-state index in [9.17, 15) is 4.79 Å². The van der Waals surface area contributed by atoms with Gasteiger partial charge in [-0.05, 0) is 31.0 Å². The van der Waals surface area contributed by atoms with Crippen molar-refractivity contribution in [3.05, 3.63) is 60.2 Å². The first kappa shape index (κ1) is 16.6. The number of carbonyl (C=O) groups is 1. The molecule has 8 nitrogen and oxygen atoms in total. The number of fused-ring (bicyclic) bond motifs is 1. The number of rotatable bonds is 4. The molecule has 3 aromatic heterocycles. The van der Waals surface area contributed by atoms with Crippen LogP contribution in [-0.4, -0.2) is 42.7 Å². The molecule has 1 aliphatic rings. The van der Waals surface area contributed by atoms with Crippen molar-refractivity contribution < 1.29 is 9.32 Å². The summed E-state index contributed by atoms with van der Waals surface area (Å²) in [7, 11) is 0. The second-order valence-corrected chi connectivity index (χ2v) is 6.81. The molecule has 0 saturated carbocycles. The molecule has 1 fully saturated rings. The molecule has 1 N–H and O–H groups in total. The minimum Gasteiger partial charge on any atom is -0.337 e. The maximum Gasteiger partial charge on any atom is 0.249 e. The Hall–Kier alpha value is -3.55. The molecule has 1 atom stereocenters. The number of amides is 1. The maximum atomic E-state index is 13.0. The molecular formula is C20H18N6O2. The van der Waals surface area contributed by atoms with Crippen molar-refractivity contribution in [3.63, 3.8) is 0 Å². The summed E-state index contributed by atoms with van der Waals surface area (Å²) in [5, 5.41) is 12.3. The van der Waals surface area contributed by atoms with Gasteiger partial charge in [0, 0.05) is 18.1 Å². The van der Waals surface area contributed by atoms with Gasteiger partial charge in [-0.3, -0.25) is 14.9 Å². The predicted molar refractivity (Wildman–Crippen MR) is 101 cm³/mol. The van der Waals surface area contributed by atoms with Crippen LogP contribution in [0.4, 0.5) is 0 Å². The molecule has 4 aromatic rings. The normalized spacial score (nSPS) is 16.7. The average molecular weight is 374 g/mol. The first-order chi connectivity index (χ1) is 13.8. The standard InChI is InChI=1S/C20H18N6O2/c27-18(12-16-13-6-1-2-7-14(13)23-24-16)26-11-5-9-17(26)20-22-19(25-28-20)15-8-3-4-10-21-15/h1-4,6-8,10,17H,5,9,11-12H2,(H,23,24)/t17-/m0/s1. The van der Waals surface area contributed by atoms with Gasteiger partial charge < -0.3 is 9.42 Å². The van der Waals surface area contributed by atoms with Crippen LogP contribution in [0.25, 0.3) is 22.4 Å². The molecule has 0 bridgehead atoms. The van der Waals surface area contributed by atoms with Crippen molar-refractivity contribution in [2.75, 3.05) is 6.54 Å². The fourth-order valence-electron chi connectivity index (χ4n) is 3.69. The largest absolute Gasteiger partial charge is 0.337 e. The third-order valence-electron chi connectivity index (χ3n) is 5.06. The van der Waals surface area contributed by atoms with Crippen LogP contribution < -0.4 is 0 Å². The highest BCUT2D eigenvalue weighted by atomic mass is 16.5. The number of hydrogen-bond donors (Lipinski definition) is 1. The zero-order chi connectivity index (χ0) is 18.9. The maximum absolute atomic E-state index is 13.0. The molecule has 4 heterocycles. The Balaban J connectivity index is 1.37. The van der Waals surface area contributed by atoms with Gasteiger partial charge in [0.05, 0.1) is 17.6 Å². The second-order valence-electron chi connectivity index (χ2n) is 6.81. The summed E-state index contributed by atoms with van der Waals surface area (Å²) in [6.45, 7) is 0.677. The van der Waals surface area contributed by atoms with Gasteiger partial charge in [-0.2, -0.15) is 10.1 Å². The number of pyridine rings is 1. The molecule has 0 spiro atoms. The molecule has 0 unspecified atom stereocenters. The average Bonchev–Trinajstić information content (AvgIpc) is 3.48. The topological polar surface area (TPSA) is 101 Å². The summed E-state index contributed by atoms with van der Waals surface area (Å²) >= 11 is 0. The van der Waals surface area contributed by atoms with Gasteiger partial charge in [0.15, 0.2) is 0 Å². The number of nitrogens with zero attached hydrogens (tertiary/aromatic N) is 5. The molecule has 0 radical (unpaired) electrons. The van der Waals surface area contributed by atoms with E-state index in [1.54, 1.807) is 6.20 Å². The first-order valence-corrected chi connectivity index (χ1v) is 9.26. The van der Waals surface area contributed by atoms with Crippen LogP contribution in [0.2, 0.25) is 0 Å². The van der Waals surface area contributed by atoms with Crippen molar-refractivity contribution in [2.45, 2.75) is 25.3 Å². The molecule has 8 heteroatoms. The Morgan fingerprint density at radius 1 is 1.21 bits per heavy atom. The van der Waals surface area contributed by atoms with E-state index in [4.69, 9.17) is 4.52 Å². The fourth-order valence-corrected chi connectivity index (χ4v) is 3.69. The lowest BCUT2D eigenvalue weighted by atomic mass is 10.1. The summed E-state index contributed by atoms with van der Waals surface area (Å²) < 4.78 is 5.47. The van der Waals surface area contributed by atoms with Gasteiger partial charge in [-0.1, -0.05) is 29.4 Å². The van der Waals surface area contributed by atoms with Crippen molar-refractivity contribution in [3.8, 4) is 11.5 Å². The lowest BCUT2D eigenvalue weighted by Crippen LogP contribution is -2.32. The summed E-state index contributed by atoms with van der Waals surface area (Å²) in [6, 6.07) is 13.1. The number of H-pyrrole nitrogens is 1. The van der Waals surface area contributed by atoms with Gasteiger partial charge in [0.2, 0.25) is 17.6 Å². The van der Waals surface area contributed by atoms with Crippen LogP contribution in [0.3, 0.4) is 0 Å². The molecule has 5 rings (SSSR count). The van der Waals surface area contributed by atoms with Crippen LogP contribution in [0.1, 0.15) is 30.5 Å². The highest BCUT2D eigenvalue weighted by Crippen LogP contribution is 2.32. The molecular weight excluding hydrogens is 356 g/mol. The number of likely N-dealkylation sites (tertiary alicyclic amines) is 1. The van der Waals surface area contributed by atoms with Crippen LogP contribution in [-0.2, 0) is 11.2 Å². The van der Waals surface area contributed by atoms with Crippen molar-refractivity contribution >= 4 is 16.8 Å². The minimum absolute atomic E-state index is 0.0227. The van der Waals surface area contributed by atoms with Gasteiger partial charge >= 0.3 is 0 Å². The lowest BCUT2D eigenvalue weighted by Gasteiger charge is -2.21. The van der Waals surface area contributed by atoms with Gasteiger partial charge in [0.25, 0.3) is 0 Å². The third kappa shape index (κ3) is 2.92. The van der Waals surface area contributed by atoms with Gasteiger partial charge in [-0.15, -0.1) is 0 Å². The number of aromatic nitrogens is 5. The van der Waals surface area contributed by atoms with E-state index in [1.807, 2.05) is 47.4 Å². The molecule has 1 amide bonds. The Morgan fingerprint density at radius 3 is 3.00 bits per heavy atom. The van der Waals surface area contributed by atoms with Crippen LogP contribution in [0.5, 0.6) is 0 Å². The van der Waals surface area contributed by atoms with E-state index in [0.717, 1.165) is 29.4 Å². The summed E-state index contributed by atoms with van der Waals surface area (Å²) in [4.78, 5) is 23.6. The van der Waals surface area contributed by atoms with Crippen LogP contribution in [0.15, 0.2) is 53.2 Å². The number of para-hydroxylation sites is 1. The number of carbonyl (C=O) groups excluding carboxylic acids is 1. The Morgan fingerprint density at radius 2 is 2.11 bits per heavy atom. The predicted octanol–water partition coefficient (Wildman–Crippen LogP) is 2.91. The monoisotopic (exact) mass is 374 g/mol. The SMILES string of the molecule is O=C(Cc1[nH]nc2ccccc12)N1CCC[C@H]1c1nc(-c2ccccn2)no1. The van der Waals surface area contributed by atoms with E-state index in [1.165, 1.54) is 0 Å². The van der Waals surface area contributed by atoms with E-state index >= 15 is 0 Å². The van der Waals surface area contributed by atoms with Gasteiger partial charge in [-0.25, -0.2) is 0 Å².